The van der Waals surface area contributed by atoms with Gasteiger partial charge >= 0.3 is 6.61 Å². The normalized spacial score (nSPS) is 23.9. The number of hydrogen-bond donors (Lipinski definition) is 1. The van der Waals surface area contributed by atoms with E-state index in [9.17, 15) is 13.6 Å². The molecule has 0 aliphatic carbocycles. The van der Waals surface area contributed by atoms with Gasteiger partial charge in [0.15, 0.2) is 0 Å². The summed E-state index contributed by atoms with van der Waals surface area (Å²) in [4.78, 5) is 14.2. The summed E-state index contributed by atoms with van der Waals surface area (Å²) in [5, 5.41) is 3.32. The van der Waals surface area contributed by atoms with Gasteiger partial charge in [0.25, 0.3) is 5.91 Å². The molecule has 1 N–H and O–H groups in total. The van der Waals surface area contributed by atoms with Crippen LogP contribution in [0, 0.1) is 11.8 Å². The van der Waals surface area contributed by atoms with Crippen molar-refractivity contribution in [2.75, 3.05) is 26.2 Å². The summed E-state index contributed by atoms with van der Waals surface area (Å²) in [5.74, 6) is 1.11. The second kappa shape index (κ2) is 6.58. The first kappa shape index (κ1) is 16.0. The summed E-state index contributed by atoms with van der Waals surface area (Å²) in [6.07, 6.45) is 0. The molecule has 0 unspecified atom stereocenters. The van der Waals surface area contributed by atoms with Gasteiger partial charge in [-0.15, -0.1) is 12.4 Å². The van der Waals surface area contributed by atoms with E-state index in [4.69, 9.17) is 0 Å². The maximum Gasteiger partial charge on any atom is 0.387 e. The second-order valence-electron chi connectivity index (χ2n) is 5.29. The lowest BCUT2D eigenvalue weighted by atomic mass is 10.0. The van der Waals surface area contributed by atoms with Crippen LogP contribution in [0.25, 0.3) is 0 Å². The van der Waals surface area contributed by atoms with E-state index in [0.717, 1.165) is 26.2 Å². The van der Waals surface area contributed by atoms with Crippen LogP contribution in [0.2, 0.25) is 0 Å². The molecule has 0 bridgehead atoms. The zero-order valence-corrected chi connectivity index (χ0v) is 12.1. The number of nitrogens with one attached hydrogen (secondary N) is 1. The number of nitrogens with zero attached hydrogens (tertiary/aromatic N) is 1. The van der Waals surface area contributed by atoms with E-state index in [1.807, 2.05) is 4.90 Å². The number of carbonyl (C=O) groups is 1. The number of hydrogen-bond acceptors (Lipinski definition) is 3. The molecule has 0 spiro atoms. The average Bonchev–Trinajstić information content (AvgIpc) is 2.98. The predicted octanol–water partition coefficient (Wildman–Crippen LogP) is 2.00. The van der Waals surface area contributed by atoms with Crippen LogP contribution in [0.4, 0.5) is 8.78 Å². The fourth-order valence-corrected chi connectivity index (χ4v) is 2.98. The van der Waals surface area contributed by atoms with Crippen molar-refractivity contribution in [3.05, 3.63) is 29.8 Å². The number of fused-ring (bicyclic) bond motifs is 1. The van der Waals surface area contributed by atoms with Crippen LogP contribution in [0.5, 0.6) is 5.75 Å². The molecule has 116 valence electrons. The third-order valence-electron chi connectivity index (χ3n) is 4.00. The molecule has 0 radical (unpaired) electrons. The molecule has 0 saturated carbocycles. The van der Waals surface area contributed by atoms with Gasteiger partial charge in [-0.05, 0) is 36.1 Å². The van der Waals surface area contributed by atoms with Crippen molar-refractivity contribution in [3.63, 3.8) is 0 Å². The van der Waals surface area contributed by atoms with Crippen LogP contribution in [0.1, 0.15) is 10.4 Å². The summed E-state index contributed by atoms with van der Waals surface area (Å²) in [5.41, 5.74) is 0.513. The monoisotopic (exact) mass is 318 g/mol. The molecular weight excluding hydrogens is 302 g/mol. The van der Waals surface area contributed by atoms with Crippen molar-refractivity contribution < 1.29 is 18.3 Å². The Hall–Kier alpha value is -1.40. The van der Waals surface area contributed by atoms with Gasteiger partial charge in [-0.1, -0.05) is 0 Å². The number of benzene rings is 1. The fraction of sp³-hybridized carbons (Fsp3) is 0.500. The molecule has 2 atom stereocenters. The van der Waals surface area contributed by atoms with Crippen LogP contribution in [0.15, 0.2) is 24.3 Å². The topological polar surface area (TPSA) is 41.6 Å². The zero-order chi connectivity index (χ0) is 14.1. The molecule has 2 aliphatic heterocycles. The van der Waals surface area contributed by atoms with Gasteiger partial charge in [0.2, 0.25) is 0 Å². The number of rotatable bonds is 3. The molecule has 2 fully saturated rings. The molecule has 4 nitrogen and oxygen atoms in total. The highest BCUT2D eigenvalue weighted by molar-refractivity contribution is 5.94. The summed E-state index contributed by atoms with van der Waals surface area (Å²) in [7, 11) is 0. The van der Waals surface area contributed by atoms with Crippen LogP contribution in [0.3, 0.4) is 0 Å². The number of likely N-dealkylation sites (tertiary alicyclic amines) is 1. The Kier molecular flexibility index (Phi) is 5.00. The average molecular weight is 319 g/mol. The third-order valence-corrected chi connectivity index (χ3v) is 4.00. The predicted molar refractivity (Wildman–Crippen MR) is 76.1 cm³/mol. The molecule has 2 saturated heterocycles. The lowest BCUT2D eigenvalue weighted by Gasteiger charge is -2.17. The van der Waals surface area contributed by atoms with Crippen molar-refractivity contribution in [2.24, 2.45) is 11.8 Å². The number of halogens is 3. The lowest BCUT2D eigenvalue weighted by Crippen LogP contribution is -2.31. The first-order valence-electron chi connectivity index (χ1n) is 6.68. The van der Waals surface area contributed by atoms with E-state index in [1.165, 1.54) is 24.3 Å². The Bertz CT molecular complexity index is 486. The van der Waals surface area contributed by atoms with Crippen LogP contribution in [-0.2, 0) is 0 Å². The minimum atomic E-state index is -2.85. The second-order valence-corrected chi connectivity index (χ2v) is 5.29. The number of amides is 1. The van der Waals surface area contributed by atoms with Crippen molar-refractivity contribution in [1.82, 2.24) is 10.2 Å². The van der Waals surface area contributed by atoms with Gasteiger partial charge in [-0.3, -0.25) is 4.79 Å². The van der Waals surface area contributed by atoms with E-state index in [0.29, 0.717) is 17.4 Å². The van der Waals surface area contributed by atoms with Gasteiger partial charge in [0.05, 0.1) is 0 Å². The highest BCUT2D eigenvalue weighted by Crippen LogP contribution is 2.27. The maximum absolute atomic E-state index is 12.3. The molecule has 2 heterocycles. The van der Waals surface area contributed by atoms with Gasteiger partial charge in [-0.2, -0.15) is 8.78 Å². The van der Waals surface area contributed by atoms with Gasteiger partial charge in [-0.25, -0.2) is 0 Å². The van der Waals surface area contributed by atoms with Gasteiger partial charge in [0.1, 0.15) is 5.75 Å². The molecule has 7 heteroatoms. The lowest BCUT2D eigenvalue weighted by molar-refractivity contribution is -0.0498. The van der Waals surface area contributed by atoms with E-state index < -0.39 is 6.61 Å². The van der Waals surface area contributed by atoms with Gasteiger partial charge in [0, 0.05) is 31.7 Å². The van der Waals surface area contributed by atoms with Gasteiger partial charge < -0.3 is 15.0 Å². The van der Waals surface area contributed by atoms with Crippen LogP contribution >= 0.6 is 12.4 Å². The van der Waals surface area contributed by atoms with Crippen molar-refractivity contribution in [2.45, 2.75) is 6.61 Å². The first-order valence-corrected chi connectivity index (χ1v) is 6.68. The zero-order valence-electron chi connectivity index (χ0n) is 11.3. The highest BCUT2D eigenvalue weighted by Gasteiger charge is 2.38. The van der Waals surface area contributed by atoms with Crippen LogP contribution < -0.4 is 10.1 Å². The molecule has 3 rings (SSSR count). The van der Waals surface area contributed by atoms with Crippen molar-refractivity contribution in [1.29, 1.82) is 0 Å². The molecular formula is C14H17ClF2N2O2. The smallest absolute Gasteiger partial charge is 0.387 e. The number of carbonyl (C=O) groups excluding carboxylic acids is 1. The Balaban J connectivity index is 0.00000161. The molecule has 0 aromatic heterocycles. The van der Waals surface area contributed by atoms with Crippen molar-refractivity contribution >= 4 is 18.3 Å². The number of ether oxygens (including phenoxy) is 1. The molecule has 1 aromatic carbocycles. The molecule has 21 heavy (non-hydrogen) atoms. The Morgan fingerprint density at radius 3 is 2.29 bits per heavy atom. The largest absolute Gasteiger partial charge is 0.435 e. The Labute approximate surface area is 127 Å². The Morgan fingerprint density at radius 2 is 1.76 bits per heavy atom. The minimum absolute atomic E-state index is 0. The van der Waals surface area contributed by atoms with Crippen LogP contribution in [-0.4, -0.2) is 43.6 Å². The Morgan fingerprint density at radius 1 is 1.19 bits per heavy atom. The van der Waals surface area contributed by atoms with E-state index in [-0.39, 0.29) is 24.1 Å². The molecule has 2 aliphatic rings. The third kappa shape index (κ3) is 3.44. The maximum atomic E-state index is 12.3. The minimum Gasteiger partial charge on any atom is -0.435 e. The van der Waals surface area contributed by atoms with E-state index >= 15 is 0 Å². The summed E-state index contributed by atoms with van der Waals surface area (Å²) in [6.45, 7) is 0.630. The molecule has 1 amide bonds. The highest BCUT2D eigenvalue weighted by atomic mass is 35.5. The SMILES string of the molecule is Cl.O=C(c1ccc(OC(F)F)cc1)N1C[C@H]2CNC[C@H]2C1. The van der Waals surface area contributed by atoms with Crippen molar-refractivity contribution in [3.8, 4) is 5.75 Å². The fourth-order valence-electron chi connectivity index (χ4n) is 2.98. The van der Waals surface area contributed by atoms with E-state index in [1.54, 1.807) is 0 Å². The summed E-state index contributed by atoms with van der Waals surface area (Å²) >= 11 is 0. The standard InChI is InChI=1S/C14H16F2N2O2.ClH/c15-14(16)20-12-3-1-9(2-4-12)13(19)18-7-10-5-17-6-11(10)8-18;/h1-4,10-11,14,17H,5-8H2;1H/t10-,11+;. The first-order chi connectivity index (χ1) is 9.63. The quantitative estimate of drug-likeness (QED) is 0.927. The summed E-state index contributed by atoms with van der Waals surface area (Å²) < 4.78 is 28.4. The molecule has 1 aromatic rings. The summed E-state index contributed by atoms with van der Waals surface area (Å²) in [6, 6.07) is 5.87. The van der Waals surface area contributed by atoms with E-state index in [2.05, 4.69) is 10.1 Å². The number of alkyl halides is 2.